The van der Waals surface area contributed by atoms with Crippen molar-refractivity contribution in [2.45, 2.75) is 0 Å². The number of aromatic nitrogens is 2. The van der Waals surface area contributed by atoms with Gasteiger partial charge in [-0.05, 0) is 36.5 Å². The normalized spacial score (nSPS) is 10.3. The van der Waals surface area contributed by atoms with Crippen LogP contribution in [0, 0.1) is 4.77 Å². The molecule has 0 bridgehead atoms. The Morgan fingerprint density at radius 2 is 1.80 bits per heavy atom. The maximum Gasteiger partial charge on any atom is 0.274 e. The first-order valence-electron chi connectivity index (χ1n) is 7.53. The molecule has 0 fully saturated rings. The molecule has 25 heavy (non-hydrogen) atoms. The molecule has 3 rings (SSSR count). The van der Waals surface area contributed by atoms with E-state index >= 15 is 0 Å². The zero-order valence-electron chi connectivity index (χ0n) is 13.8. The maximum absolute atomic E-state index is 12.7. The van der Waals surface area contributed by atoms with Gasteiger partial charge in [0.15, 0.2) is 16.3 Å². The van der Waals surface area contributed by atoms with Crippen LogP contribution in [0.1, 0.15) is 10.5 Å². The molecule has 0 unspecified atom stereocenters. The Labute approximate surface area is 150 Å². The predicted octanol–water partition coefficient (Wildman–Crippen LogP) is 3.80. The van der Waals surface area contributed by atoms with E-state index in [9.17, 15) is 4.79 Å². The number of anilines is 1. The number of hydrogen-bond acceptors (Lipinski definition) is 4. The van der Waals surface area contributed by atoms with Crippen LogP contribution in [-0.4, -0.2) is 29.7 Å². The summed E-state index contributed by atoms with van der Waals surface area (Å²) in [5, 5.41) is 2.85. The fourth-order valence-electron chi connectivity index (χ4n) is 2.48. The number of carbonyl (C=O) groups excluding carboxylic acids is 1. The number of rotatable bonds is 5. The summed E-state index contributed by atoms with van der Waals surface area (Å²) in [6.07, 6.45) is 1.59. The van der Waals surface area contributed by atoms with Gasteiger partial charge in [0.2, 0.25) is 0 Å². The van der Waals surface area contributed by atoms with E-state index in [2.05, 4.69) is 10.3 Å². The molecule has 0 spiro atoms. The molecule has 6 nitrogen and oxygen atoms in total. The number of H-pyrrole nitrogens is 1. The van der Waals surface area contributed by atoms with Crippen LogP contribution in [-0.2, 0) is 0 Å². The number of amides is 1. The van der Waals surface area contributed by atoms with Crippen LogP contribution in [0.25, 0.3) is 5.69 Å². The summed E-state index contributed by atoms with van der Waals surface area (Å²) in [4.78, 5) is 15.6. The third kappa shape index (κ3) is 3.41. The van der Waals surface area contributed by atoms with Crippen molar-refractivity contribution in [1.82, 2.24) is 9.55 Å². The van der Waals surface area contributed by atoms with Gasteiger partial charge < -0.3 is 19.8 Å². The van der Waals surface area contributed by atoms with Gasteiger partial charge in [0.25, 0.3) is 5.91 Å². The van der Waals surface area contributed by atoms with Crippen molar-refractivity contribution in [3.05, 3.63) is 65.2 Å². The monoisotopic (exact) mass is 355 g/mol. The maximum atomic E-state index is 12.7. The zero-order valence-corrected chi connectivity index (χ0v) is 14.6. The van der Waals surface area contributed by atoms with Crippen LogP contribution in [0.15, 0.2) is 54.7 Å². The third-order valence-corrected chi connectivity index (χ3v) is 3.97. The lowest BCUT2D eigenvalue weighted by Crippen LogP contribution is -2.16. The minimum absolute atomic E-state index is 0.288. The van der Waals surface area contributed by atoms with Crippen molar-refractivity contribution in [2.75, 3.05) is 19.5 Å². The fraction of sp³-hybridized carbons (Fsp3) is 0.111. The van der Waals surface area contributed by atoms with Crippen LogP contribution >= 0.6 is 12.2 Å². The molecule has 0 aliphatic rings. The number of aromatic amines is 1. The first-order valence-corrected chi connectivity index (χ1v) is 7.94. The zero-order chi connectivity index (χ0) is 17.8. The van der Waals surface area contributed by atoms with Crippen LogP contribution in [0.2, 0.25) is 0 Å². The summed E-state index contributed by atoms with van der Waals surface area (Å²) in [6.45, 7) is 0. The molecule has 2 N–H and O–H groups in total. The lowest BCUT2D eigenvalue weighted by Gasteiger charge is -2.11. The summed E-state index contributed by atoms with van der Waals surface area (Å²) in [5.41, 5.74) is 1.81. The molecule has 0 saturated heterocycles. The lowest BCUT2D eigenvalue weighted by molar-refractivity contribution is 0.102. The fourth-order valence-corrected chi connectivity index (χ4v) is 2.74. The smallest absolute Gasteiger partial charge is 0.274 e. The number of hydrogen-bond donors (Lipinski definition) is 2. The molecule has 1 aromatic heterocycles. The molecule has 1 amide bonds. The van der Waals surface area contributed by atoms with E-state index in [1.54, 1.807) is 43.2 Å². The van der Waals surface area contributed by atoms with Gasteiger partial charge in [0.05, 0.1) is 14.2 Å². The summed E-state index contributed by atoms with van der Waals surface area (Å²) in [5.74, 6) is 0.840. The molecule has 0 atom stereocenters. The van der Waals surface area contributed by atoms with E-state index in [1.807, 2.05) is 30.3 Å². The Balaban J connectivity index is 1.92. The Morgan fingerprint density at radius 1 is 1.08 bits per heavy atom. The molecule has 128 valence electrons. The van der Waals surface area contributed by atoms with Crippen molar-refractivity contribution < 1.29 is 14.3 Å². The highest BCUT2D eigenvalue weighted by molar-refractivity contribution is 7.71. The highest BCUT2D eigenvalue weighted by atomic mass is 32.1. The van der Waals surface area contributed by atoms with Gasteiger partial charge >= 0.3 is 0 Å². The first kappa shape index (κ1) is 16.8. The average molecular weight is 355 g/mol. The summed E-state index contributed by atoms with van der Waals surface area (Å²) in [7, 11) is 3.10. The molecule has 7 heteroatoms. The minimum atomic E-state index is -0.288. The van der Waals surface area contributed by atoms with Gasteiger partial charge in [-0.2, -0.15) is 0 Å². The second kappa shape index (κ2) is 7.23. The van der Waals surface area contributed by atoms with Gasteiger partial charge in [-0.1, -0.05) is 18.2 Å². The first-order chi connectivity index (χ1) is 12.1. The molecular weight excluding hydrogens is 338 g/mol. The van der Waals surface area contributed by atoms with E-state index in [1.165, 1.54) is 0 Å². The van der Waals surface area contributed by atoms with Crippen LogP contribution in [0.5, 0.6) is 11.5 Å². The summed E-state index contributed by atoms with van der Waals surface area (Å²) >= 11 is 5.30. The van der Waals surface area contributed by atoms with Gasteiger partial charge in [-0.3, -0.25) is 9.36 Å². The number of carbonyl (C=O) groups is 1. The van der Waals surface area contributed by atoms with Crippen LogP contribution in [0.3, 0.4) is 0 Å². The topological polar surface area (TPSA) is 68.3 Å². The van der Waals surface area contributed by atoms with Gasteiger partial charge in [0, 0.05) is 23.6 Å². The van der Waals surface area contributed by atoms with Crippen molar-refractivity contribution in [1.29, 1.82) is 0 Å². The minimum Gasteiger partial charge on any atom is -0.493 e. The number of methoxy groups -OCH3 is 2. The summed E-state index contributed by atoms with van der Waals surface area (Å²) in [6, 6.07) is 14.6. The number of nitrogens with zero attached hydrogens (tertiary/aromatic N) is 1. The molecule has 1 heterocycles. The highest BCUT2D eigenvalue weighted by Crippen LogP contribution is 2.30. The van der Waals surface area contributed by atoms with Crippen molar-refractivity contribution in [3.63, 3.8) is 0 Å². The quantitative estimate of drug-likeness (QED) is 0.683. The molecule has 0 saturated carbocycles. The number of nitrogens with one attached hydrogen (secondary N) is 2. The number of ether oxygens (including phenoxy) is 2. The Bertz CT molecular complexity index is 948. The lowest BCUT2D eigenvalue weighted by atomic mass is 10.2. The third-order valence-electron chi connectivity index (χ3n) is 3.66. The second-order valence-corrected chi connectivity index (χ2v) is 5.56. The SMILES string of the molecule is COc1ccc(NC(=O)c2c[nH]c(=S)n2-c2ccccc2)cc1OC. The van der Waals surface area contributed by atoms with E-state index in [4.69, 9.17) is 21.7 Å². The van der Waals surface area contributed by atoms with Gasteiger partial charge in [0.1, 0.15) is 5.69 Å². The predicted molar refractivity (Wildman–Crippen MR) is 98.5 cm³/mol. The Kier molecular flexibility index (Phi) is 4.85. The van der Waals surface area contributed by atoms with E-state index in [0.717, 1.165) is 5.69 Å². The van der Waals surface area contributed by atoms with Crippen molar-refractivity contribution in [2.24, 2.45) is 0 Å². The van der Waals surface area contributed by atoms with Crippen molar-refractivity contribution in [3.8, 4) is 17.2 Å². The molecule has 3 aromatic rings. The highest BCUT2D eigenvalue weighted by Gasteiger charge is 2.15. The molecule has 0 radical (unpaired) electrons. The van der Waals surface area contributed by atoms with E-state index in [-0.39, 0.29) is 5.91 Å². The van der Waals surface area contributed by atoms with Gasteiger partial charge in [-0.15, -0.1) is 0 Å². The molecule has 0 aliphatic heterocycles. The van der Waals surface area contributed by atoms with Gasteiger partial charge in [-0.25, -0.2) is 0 Å². The van der Waals surface area contributed by atoms with E-state index in [0.29, 0.717) is 27.7 Å². The molecular formula is C18H17N3O3S. The number of para-hydroxylation sites is 1. The second-order valence-electron chi connectivity index (χ2n) is 5.17. The summed E-state index contributed by atoms with van der Waals surface area (Å²) < 4.78 is 12.6. The average Bonchev–Trinajstić information content (AvgIpc) is 3.04. The van der Waals surface area contributed by atoms with Crippen molar-refractivity contribution >= 4 is 23.8 Å². The number of imidazole rings is 1. The Morgan fingerprint density at radius 3 is 2.48 bits per heavy atom. The Hall–Kier alpha value is -3.06. The standard InChI is InChI=1S/C18H17N3O3S/c1-23-15-9-8-12(10-16(15)24-2)20-17(22)14-11-19-18(25)21(14)13-6-4-3-5-7-13/h3-11H,1-2H3,(H,19,25)(H,20,22). The molecule has 0 aliphatic carbocycles. The molecule has 2 aromatic carbocycles. The van der Waals surface area contributed by atoms with Crippen LogP contribution in [0.4, 0.5) is 5.69 Å². The van der Waals surface area contributed by atoms with E-state index < -0.39 is 0 Å². The van der Waals surface area contributed by atoms with Crippen LogP contribution < -0.4 is 14.8 Å². The largest absolute Gasteiger partial charge is 0.493 e. The number of benzene rings is 2.